The van der Waals surface area contributed by atoms with E-state index in [-0.39, 0.29) is 24.7 Å². The van der Waals surface area contributed by atoms with E-state index in [0.717, 1.165) is 35.4 Å². The maximum Gasteiger partial charge on any atom is 0.243 e. The van der Waals surface area contributed by atoms with E-state index in [1.807, 2.05) is 54.6 Å². The van der Waals surface area contributed by atoms with Gasteiger partial charge < -0.3 is 10.1 Å². The fraction of sp³-hybridized carbons (Fsp3) is 0.318. The lowest BCUT2D eigenvalue weighted by atomic mass is 10.1. The zero-order chi connectivity index (χ0) is 19.8. The summed E-state index contributed by atoms with van der Waals surface area (Å²) in [5, 5.41) is 8.75. The number of hydrazone groups is 1. The Morgan fingerprint density at radius 3 is 2.54 bits per heavy atom. The van der Waals surface area contributed by atoms with Crippen LogP contribution in [-0.2, 0) is 16.0 Å². The molecule has 0 saturated heterocycles. The monoisotopic (exact) mass is 379 g/mol. The number of hydrogen-bond acceptors (Lipinski definition) is 4. The number of nitrogens with one attached hydrogen (secondary N) is 1. The molecule has 0 fully saturated rings. The highest BCUT2D eigenvalue weighted by atomic mass is 16.5. The van der Waals surface area contributed by atoms with E-state index in [1.165, 1.54) is 5.01 Å². The zero-order valence-electron chi connectivity index (χ0n) is 16.1. The fourth-order valence-corrected chi connectivity index (χ4v) is 3.05. The topological polar surface area (TPSA) is 71.0 Å². The lowest BCUT2D eigenvalue weighted by Crippen LogP contribution is -2.29. The Morgan fingerprint density at radius 1 is 1.07 bits per heavy atom. The third-order valence-corrected chi connectivity index (χ3v) is 4.66. The first-order valence-corrected chi connectivity index (χ1v) is 9.48. The molecule has 2 aromatic rings. The number of rotatable bonds is 8. The molecule has 6 nitrogen and oxygen atoms in total. The zero-order valence-corrected chi connectivity index (χ0v) is 16.1. The van der Waals surface area contributed by atoms with Gasteiger partial charge in [0.2, 0.25) is 11.8 Å². The third kappa shape index (κ3) is 5.42. The minimum absolute atomic E-state index is 0.115. The molecular weight excluding hydrogens is 354 g/mol. The Hall–Kier alpha value is -3.15. The Kier molecular flexibility index (Phi) is 6.78. The second-order valence-electron chi connectivity index (χ2n) is 6.63. The van der Waals surface area contributed by atoms with Gasteiger partial charge in [-0.25, -0.2) is 5.01 Å². The van der Waals surface area contributed by atoms with Crippen LogP contribution in [0.4, 0.5) is 0 Å². The van der Waals surface area contributed by atoms with Crippen LogP contribution in [0.2, 0.25) is 0 Å². The minimum Gasteiger partial charge on any atom is -0.497 e. The molecule has 28 heavy (non-hydrogen) atoms. The molecule has 0 spiro atoms. The molecule has 0 atom stereocenters. The van der Waals surface area contributed by atoms with Crippen molar-refractivity contribution in [3.8, 4) is 5.75 Å². The van der Waals surface area contributed by atoms with E-state index in [0.29, 0.717) is 13.1 Å². The van der Waals surface area contributed by atoms with Crippen molar-refractivity contribution in [1.82, 2.24) is 10.3 Å². The molecule has 2 aromatic carbocycles. The Balaban J connectivity index is 1.38. The number of hydrogen-bond donors (Lipinski definition) is 1. The highest BCUT2D eigenvalue weighted by Crippen LogP contribution is 2.15. The number of ether oxygens (including phenoxy) is 1. The highest BCUT2D eigenvalue weighted by molar-refractivity contribution is 6.02. The Bertz CT molecular complexity index is 832. The number of carbonyl (C=O) groups is 2. The third-order valence-electron chi connectivity index (χ3n) is 4.66. The summed E-state index contributed by atoms with van der Waals surface area (Å²) in [6, 6.07) is 17.6. The molecule has 0 aliphatic carbocycles. The van der Waals surface area contributed by atoms with Crippen molar-refractivity contribution in [3.63, 3.8) is 0 Å². The van der Waals surface area contributed by atoms with Crippen LogP contribution in [0.3, 0.4) is 0 Å². The van der Waals surface area contributed by atoms with Crippen LogP contribution < -0.4 is 10.1 Å². The molecule has 0 saturated carbocycles. The first-order chi connectivity index (χ1) is 13.7. The van der Waals surface area contributed by atoms with Gasteiger partial charge in [-0.15, -0.1) is 0 Å². The molecule has 0 radical (unpaired) electrons. The molecule has 1 heterocycles. The van der Waals surface area contributed by atoms with Gasteiger partial charge >= 0.3 is 0 Å². The Labute approximate surface area is 165 Å². The molecule has 146 valence electrons. The average molecular weight is 379 g/mol. The predicted molar refractivity (Wildman–Crippen MR) is 108 cm³/mol. The second-order valence-corrected chi connectivity index (χ2v) is 6.63. The summed E-state index contributed by atoms with van der Waals surface area (Å²) >= 11 is 0. The molecule has 3 rings (SSSR count). The van der Waals surface area contributed by atoms with Crippen molar-refractivity contribution in [2.24, 2.45) is 5.10 Å². The van der Waals surface area contributed by atoms with Gasteiger partial charge in [-0.3, -0.25) is 9.59 Å². The van der Waals surface area contributed by atoms with E-state index in [1.54, 1.807) is 7.11 Å². The standard InChI is InChI=1S/C22H25N3O3/c1-28-19-9-7-17(8-10-19)13-15-23-21(26)11-12-22(27)25-16-14-20(24-25)18-5-3-2-4-6-18/h2-10H,11-16H2,1H3,(H,23,26). The molecule has 2 amide bonds. The quantitative estimate of drug-likeness (QED) is 0.767. The number of amides is 2. The summed E-state index contributed by atoms with van der Waals surface area (Å²) in [4.78, 5) is 24.3. The first-order valence-electron chi connectivity index (χ1n) is 9.48. The van der Waals surface area contributed by atoms with Crippen molar-refractivity contribution in [1.29, 1.82) is 0 Å². The number of methoxy groups -OCH3 is 1. The molecule has 0 bridgehead atoms. The van der Waals surface area contributed by atoms with Crippen LogP contribution in [0, 0.1) is 0 Å². The van der Waals surface area contributed by atoms with Gasteiger partial charge in [0.05, 0.1) is 19.4 Å². The van der Waals surface area contributed by atoms with E-state index in [9.17, 15) is 9.59 Å². The van der Waals surface area contributed by atoms with Crippen molar-refractivity contribution >= 4 is 17.5 Å². The summed E-state index contributed by atoms with van der Waals surface area (Å²) in [5.41, 5.74) is 3.07. The number of nitrogens with zero attached hydrogens (tertiary/aromatic N) is 2. The lowest BCUT2D eigenvalue weighted by molar-refractivity contribution is -0.133. The van der Waals surface area contributed by atoms with Crippen LogP contribution >= 0.6 is 0 Å². The molecule has 1 aliphatic rings. The van der Waals surface area contributed by atoms with Gasteiger partial charge in [0, 0.05) is 25.8 Å². The lowest BCUT2D eigenvalue weighted by Gasteiger charge is -2.11. The van der Waals surface area contributed by atoms with E-state index in [4.69, 9.17) is 4.74 Å². The van der Waals surface area contributed by atoms with Gasteiger partial charge in [-0.1, -0.05) is 42.5 Å². The van der Waals surface area contributed by atoms with Crippen molar-refractivity contribution in [2.75, 3.05) is 20.2 Å². The van der Waals surface area contributed by atoms with E-state index < -0.39 is 0 Å². The van der Waals surface area contributed by atoms with Crippen LogP contribution in [0.15, 0.2) is 59.7 Å². The SMILES string of the molecule is COc1ccc(CCNC(=O)CCC(=O)N2CCC(c3ccccc3)=N2)cc1. The summed E-state index contributed by atoms with van der Waals surface area (Å²) in [6.45, 7) is 1.11. The molecule has 0 unspecified atom stereocenters. The fourth-order valence-electron chi connectivity index (χ4n) is 3.05. The minimum atomic E-state index is -0.117. The van der Waals surface area contributed by atoms with Crippen molar-refractivity contribution < 1.29 is 14.3 Å². The molecule has 0 aromatic heterocycles. The summed E-state index contributed by atoms with van der Waals surface area (Å²) in [6.07, 6.45) is 1.82. The van der Waals surface area contributed by atoms with Gasteiger partial charge in [0.25, 0.3) is 0 Å². The maximum absolute atomic E-state index is 12.3. The van der Waals surface area contributed by atoms with Gasteiger partial charge in [0.15, 0.2) is 0 Å². The summed E-state index contributed by atoms with van der Waals surface area (Å²) < 4.78 is 5.13. The maximum atomic E-state index is 12.3. The average Bonchev–Trinajstić information content (AvgIpc) is 3.23. The Morgan fingerprint density at radius 2 is 1.82 bits per heavy atom. The van der Waals surface area contributed by atoms with Crippen LogP contribution in [0.5, 0.6) is 5.75 Å². The normalized spacial score (nSPS) is 13.2. The second kappa shape index (κ2) is 9.69. The number of carbonyl (C=O) groups excluding carboxylic acids is 2. The summed E-state index contributed by atoms with van der Waals surface area (Å²) in [7, 11) is 1.63. The number of benzene rings is 2. The smallest absolute Gasteiger partial charge is 0.243 e. The molecule has 6 heteroatoms. The van der Waals surface area contributed by atoms with Crippen LogP contribution in [0.25, 0.3) is 0 Å². The van der Waals surface area contributed by atoms with E-state index in [2.05, 4.69) is 10.4 Å². The van der Waals surface area contributed by atoms with Gasteiger partial charge in [-0.2, -0.15) is 5.10 Å². The first kappa shape index (κ1) is 19.6. The van der Waals surface area contributed by atoms with Crippen LogP contribution in [-0.4, -0.2) is 42.7 Å². The molecule has 1 aliphatic heterocycles. The van der Waals surface area contributed by atoms with Gasteiger partial charge in [-0.05, 0) is 29.7 Å². The predicted octanol–water partition coefficient (Wildman–Crippen LogP) is 2.77. The molecular formula is C22H25N3O3. The van der Waals surface area contributed by atoms with E-state index >= 15 is 0 Å². The summed E-state index contributed by atoms with van der Waals surface area (Å²) in [5.74, 6) is 0.579. The van der Waals surface area contributed by atoms with Gasteiger partial charge in [0.1, 0.15) is 5.75 Å². The molecule has 1 N–H and O–H groups in total. The van der Waals surface area contributed by atoms with Crippen molar-refractivity contribution in [3.05, 3.63) is 65.7 Å². The van der Waals surface area contributed by atoms with Crippen LogP contribution in [0.1, 0.15) is 30.4 Å². The largest absolute Gasteiger partial charge is 0.497 e. The highest BCUT2D eigenvalue weighted by Gasteiger charge is 2.21. The van der Waals surface area contributed by atoms with Crippen molar-refractivity contribution in [2.45, 2.75) is 25.7 Å².